The van der Waals surface area contributed by atoms with Crippen LogP contribution >= 0.6 is 0 Å². The minimum atomic E-state index is -0.00306. The summed E-state index contributed by atoms with van der Waals surface area (Å²) in [5.41, 5.74) is 4.06. The van der Waals surface area contributed by atoms with Crippen molar-refractivity contribution in [3.63, 3.8) is 0 Å². The molecule has 0 atom stereocenters. The van der Waals surface area contributed by atoms with E-state index in [2.05, 4.69) is 9.97 Å². The van der Waals surface area contributed by atoms with Gasteiger partial charge in [0.05, 0.1) is 17.4 Å². The van der Waals surface area contributed by atoms with Gasteiger partial charge in [-0.15, -0.1) is 0 Å². The lowest BCUT2D eigenvalue weighted by molar-refractivity contribution is 0.0718. The van der Waals surface area contributed by atoms with Crippen LogP contribution in [0.5, 0.6) is 0 Å². The Labute approximate surface area is 157 Å². The maximum atomic E-state index is 12.9. The van der Waals surface area contributed by atoms with Crippen molar-refractivity contribution in [1.82, 2.24) is 19.8 Å². The van der Waals surface area contributed by atoms with Crippen molar-refractivity contribution in [1.29, 1.82) is 0 Å². The summed E-state index contributed by atoms with van der Waals surface area (Å²) in [4.78, 5) is 36.7. The van der Waals surface area contributed by atoms with Crippen molar-refractivity contribution < 1.29 is 9.59 Å². The second kappa shape index (κ2) is 7.23. The van der Waals surface area contributed by atoms with Crippen LogP contribution < -0.4 is 0 Å². The molecule has 1 fully saturated rings. The van der Waals surface area contributed by atoms with Crippen molar-refractivity contribution in [2.75, 3.05) is 26.2 Å². The van der Waals surface area contributed by atoms with E-state index in [0.717, 1.165) is 28.6 Å². The molecule has 0 radical (unpaired) electrons. The number of nitrogens with zero attached hydrogens (tertiary/aromatic N) is 3. The molecule has 27 heavy (non-hydrogen) atoms. The maximum absolute atomic E-state index is 12.9. The van der Waals surface area contributed by atoms with Crippen LogP contribution in [0.2, 0.25) is 0 Å². The fourth-order valence-corrected chi connectivity index (χ4v) is 3.56. The van der Waals surface area contributed by atoms with E-state index in [1.165, 1.54) is 0 Å². The third kappa shape index (κ3) is 3.43. The Morgan fingerprint density at radius 3 is 2.48 bits per heavy atom. The van der Waals surface area contributed by atoms with Crippen molar-refractivity contribution in [3.05, 3.63) is 65.5 Å². The number of fused-ring (bicyclic) bond motifs is 1. The lowest BCUT2D eigenvalue weighted by atomic mass is 10.1. The molecule has 4 rings (SSSR count). The van der Waals surface area contributed by atoms with Crippen molar-refractivity contribution >= 4 is 22.8 Å². The summed E-state index contributed by atoms with van der Waals surface area (Å²) >= 11 is 0. The van der Waals surface area contributed by atoms with E-state index in [-0.39, 0.29) is 11.8 Å². The summed E-state index contributed by atoms with van der Waals surface area (Å²) < 4.78 is 0. The first kappa shape index (κ1) is 17.3. The van der Waals surface area contributed by atoms with E-state index < -0.39 is 0 Å². The highest BCUT2D eigenvalue weighted by Crippen LogP contribution is 2.16. The van der Waals surface area contributed by atoms with Gasteiger partial charge in [-0.25, -0.2) is 4.98 Å². The molecular weight excluding hydrogens is 340 g/mol. The number of carbonyl (C=O) groups is 2. The third-order valence-electron chi connectivity index (χ3n) is 5.11. The highest BCUT2D eigenvalue weighted by atomic mass is 16.2. The van der Waals surface area contributed by atoms with Crippen molar-refractivity contribution in [3.8, 4) is 0 Å². The lowest BCUT2D eigenvalue weighted by Gasteiger charge is -2.23. The van der Waals surface area contributed by atoms with Crippen molar-refractivity contribution in [2.24, 2.45) is 0 Å². The number of hydrogen-bond acceptors (Lipinski definition) is 3. The van der Waals surface area contributed by atoms with Gasteiger partial charge in [0, 0.05) is 37.3 Å². The summed E-state index contributed by atoms with van der Waals surface area (Å²) in [6, 6.07) is 13.1. The number of nitrogens with one attached hydrogen (secondary N) is 1. The normalized spacial score (nSPS) is 15.0. The molecule has 2 amide bonds. The first-order chi connectivity index (χ1) is 13.1. The summed E-state index contributed by atoms with van der Waals surface area (Å²) in [6.45, 7) is 4.35. The molecule has 1 aliphatic heterocycles. The second-order valence-electron chi connectivity index (χ2n) is 6.89. The monoisotopic (exact) mass is 362 g/mol. The molecule has 138 valence electrons. The molecule has 0 spiro atoms. The molecule has 6 nitrogen and oxygen atoms in total. The van der Waals surface area contributed by atoms with Crippen molar-refractivity contribution in [2.45, 2.75) is 13.3 Å². The smallest absolute Gasteiger partial charge is 0.254 e. The van der Waals surface area contributed by atoms with Gasteiger partial charge in [0.1, 0.15) is 0 Å². The van der Waals surface area contributed by atoms with Gasteiger partial charge in [-0.2, -0.15) is 0 Å². The molecular formula is C21H22N4O2. The van der Waals surface area contributed by atoms with Gasteiger partial charge < -0.3 is 14.8 Å². The number of imidazole rings is 1. The predicted octanol–water partition coefficient (Wildman–Crippen LogP) is 2.86. The minimum Gasteiger partial charge on any atom is -0.345 e. The molecule has 1 saturated heterocycles. The van der Waals surface area contributed by atoms with Gasteiger partial charge in [0.15, 0.2) is 0 Å². The molecule has 3 aromatic rings. The number of amides is 2. The van der Waals surface area contributed by atoms with Crippen LogP contribution in [0.4, 0.5) is 0 Å². The van der Waals surface area contributed by atoms with Gasteiger partial charge in [-0.05, 0) is 43.2 Å². The van der Waals surface area contributed by atoms with Gasteiger partial charge in [0.2, 0.25) is 0 Å². The standard InChI is InChI=1S/C21H22N4O2/c1-15-5-2-3-6-17(15)21(27)25-10-4-9-24(11-12-25)20(26)16-7-8-18-19(13-16)23-14-22-18/h2-3,5-8,13-14H,4,9-12H2,1H3,(H,22,23). The van der Waals surface area contributed by atoms with Crippen LogP contribution in [0.15, 0.2) is 48.8 Å². The number of hydrogen-bond donors (Lipinski definition) is 1. The zero-order valence-electron chi connectivity index (χ0n) is 15.3. The quantitative estimate of drug-likeness (QED) is 0.762. The SMILES string of the molecule is Cc1ccccc1C(=O)N1CCCN(C(=O)c2ccc3nc[nH]c3c2)CC1. The average Bonchev–Trinajstić information content (AvgIpc) is 3.02. The van der Waals surface area contributed by atoms with Gasteiger partial charge in [0.25, 0.3) is 11.8 Å². The van der Waals surface area contributed by atoms with Crippen LogP contribution in [0.25, 0.3) is 11.0 Å². The van der Waals surface area contributed by atoms with E-state index in [1.54, 1.807) is 6.33 Å². The molecule has 0 aliphatic carbocycles. The highest BCUT2D eigenvalue weighted by molar-refractivity contribution is 5.98. The van der Waals surface area contributed by atoms with E-state index in [0.29, 0.717) is 31.7 Å². The van der Waals surface area contributed by atoms with Crippen LogP contribution in [0.3, 0.4) is 0 Å². The van der Waals surface area contributed by atoms with Gasteiger partial charge >= 0.3 is 0 Å². The first-order valence-electron chi connectivity index (χ1n) is 9.21. The average molecular weight is 362 g/mol. The Morgan fingerprint density at radius 1 is 0.963 bits per heavy atom. The fourth-order valence-electron chi connectivity index (χ4n) is 3.56. The Kier molecular flexibility index (Phi) is 4.62. The molecule has 6 heteroatoms. The van der Waals surface area contributed by atoms with Gasteiger partial charge in [-0.1, -0.05) is 18.2 Å². The zero-order valence-corrected chi connectivity index (χ0v) is 15.3. The van der Waals surface area contributed by atoms with Gasteiger partial charge in [-0.3, -0.25) is 9.59 Å². The molecule has 0 saturated carbocycles. The molecule has 2 heterocycles. The molecule has 0 bridgehead atoms. The number of aromatic nitrogens is 2. The molecule has 0 unspecified atom stereocenters. The Hall–Kier alpha value is -3.15. The number of aromatic amines is 1. The van der Waals surface area contributed by atoms with Crippen LogP contribution in [-0.2, 0) is 0 Å². The summed E-state index contributed by atoms with van der Waals surface area (Å²) in [7, 11) is 0. The number of rotatable bonds is 2. The van der Waals surface area contributed by atoms with E-state index in [4.69, 9.17) is 0 Å². The second-order valence-corrected chi connectivity index (χ2v) is 6.89. The third-order valence-corrected chi connectivity index (χ3v) is 5.11. The molecule has 1 aliphatic rings. The Morgan fingerprint density at radius 2 is 1.70 bits per heavy atom. The van der Waals surface area contributed by atoms with Crippen LogP contribution in [-0.4, -0.2) is 57.8 Å². The highest BCUT2D eigenvalue weighted by Gasteiger charge is 2.24. The number of benzene rings is 2. The summed E-state index contributed by atoms with van der Waals surface area (Å²) in [5.74, 6) is 0.0398. The van der Waals surface area contributed by atoms with E-state index in [1.807, 2.05) is 59.2 Å². The van der Waals surface area contributed by atoms with Crippen LogP contribution in [0.1, 0.15) is 32.7 Å². The zero-order chi connectivity index (χ0) is 18.8. The minimum absolute atomic E-state index is 0.00306. The topological polar surface area (TPSA) is 69.3 Å². The molecule has 1 aromatic heterocycles. The predicted molar refractivity (Wildman–Crippen MR) is 104 cm³/mol. The Bertz CT molecular complexity index is 995. The fraction of sp³-hybridized carbons (Fsp3) is 0.286. The molecule has 2 aromatic carbocycles. The Balaban J connectivity index is 1.47. The maximum Gasteiger partial charge on any atom is 0.254 e. The summed E-state index contributed by atoms with van der Waals surface area (Å²) in [5, 5.41) is 0. The van der Waals surface area contributed by atoms with Crippen LogP contribution in [0, 0.1) is 6.92 Å². The first-order valence-corrected chi connectivity index (χ1v) is 9.21. The number of H-pyrrole nitrogens is 1. The largest absolute Gasteiger partial charge is 0.345 e. The van der Waals surface area contributed by atoms with E-state index in [9.17, 15) is 9.59 Å². The number of carbonyl (C=O) groups excluding carboxylic acids is 2. The van der Waals surface area contributed by atoms with E-state index >= 15 is 0 Å². The summed E-state index contributed by atoms with van der Waals surface area (Å²) in [6.07, 6.45) is 2.40. The molecule has 1 N–H and O–H groups in total. The number of aryl methyl sites for hydroxylation is 1. The lowest BCUT2D eigenvalue weighted by Crippen LogP contribution is -2.37.